The van der Waals surface area contributed by atoms with E-state index in [1.165, 1.54) is 37.1 Å². The van der Waals surface area contributed by atoms with Crippen LogP contribution in [-0.2, 0) is 12.0 Å². The highest BCUT2D eigenvalue weighted by atomic mass is 35.5. The van der Waals surface area contributed by atoms with Crippen molar-refractivity contribution in [2.45, 2.75) is 58.5 Å². The molecule has 1 saturated heterocycles. The van der Waals surface area contributed by atoms with E-state index in [1.54, 1.807) is 0 Å². The molecule has 0 bridgehead atoms. The second kappa shape index (κ2) is 7.62. The second-order valence-corrected chi connectivity index (χ2v) is 7.42. The lowest BCUT2D eigenvalue weighted by molar-refractivity contribution is 0.165. The molecule has 0 aromatic heterocycles. The first-order valence-electron chi connectivity index (χ1n) is 7.93. The molecule has 0 radical (unpaired) electrons. The first kappa shape index (κ1) is 18.5. The molecule has 1 heterocycles. The van der Waals surface area contributed by atoms with Gasteiger partial charge in [-0.05, 0) is 55.3 Å². The van der Waals surface area contributed by atoms with Crippen LogP contribution in [0.1, 0.15) is 51.7 Å². The fraction of sp³-hybridized carbons (Fsp3) is 0.667. The van der Waals surface area contributed by atoms with Crippen molar-refractivity contribution >= 4 is 12.4 Å². The van der Waals surface area contributed by atoms with Gasteiger partial charge in [0.2, 0.25) is 0 Å². The zero-order valence-electron chi connectivity index (χ0n) is 13.9. The van der Waals surface area contributed by atoms with Gasteiger partial charge in [0.1, 0.15) is 0 Å². The molecule has 0 spiro atoms. The Morgan fingerprint density at radius 1 is 1.14 bits per heavy atom. The molecule has 1 fully saturated rings. The van der Waals surface area contributed by atoms with Crippen LogP contribution >= 0.6 is 12.4 Å². The summed E-state index contributed by atoms with van der Waals surface area (Å²) in [5, 5.41) is 0. The number of hydrogen-bond donors (Lipinski definition) is 1. The third-order valence-corrected chi connectivity index (χ3v) is 4.60. The van der Waals surface area contributed by atoms with Gasteiger partial charge in [-0.15, -0.1) is 12.4 Å². The lowest BCUT2D eigenvalue weighted by Crippen LogP contribution is -2.39. The van der Waals surface area contributed by atoms with Gasteiger partial charge in [0.05, 0.1) is 0 Å². The fourth-order valence-electron chi connectivity index (χ4n) is 3.01. The van der Waals surface area contributed by atoms with Crippen LogP contribution in [0.4, 0.5) is 0 Å². The predicted octanol–water partition coefficient (Wildman–Crippen LogP) is 3.97. The van der Waals surface area contributed by atoms with Crippen LogP contribution in [0.5, 0.6) is 0 Å². The molecule has 2 rings (SSSR count). The topological polar surface area (TPSA) is 29.3 Å². The maximum absolute atomic E-state index is 6.00. The largest absolute Gasteiger partial charge is 0.328 e. The molecule has 3 heteroatoms. The van der Waals surface area contributed by atoms with Crippen LogP contribution in [0.25, 0.3) is 0 Å². The number of nitrogens with zero attached hydrogens (tertiary/aromatic N) is 1. The number of halogens is 1. The maximum atomic E-state index is 6.00. The normalized spacial score (nSPS) is 19.1. The van der Waals surface area contributed by atoms with Gasteiger partial charge in [0.15, 0.2) is 0 Å². The molecule has 120 valence electrons. The van der Waals surface area contributed by atoms with Crippen molar-refractivity contribution in [1.29, 1.82) is 0 Å². The Bertz CT molecular complexity index is 412. The summed E-state index contributed by atoms with van der Waals surface area (Å²) in [6.45, 7) is 12.4. The van der Waals surface area contributed by atoms with Crippen LogP contribution in [0, 0.1) is 5.92 Å². The minimum Gasteiger partial charge on any atom is -0.328 e. The van der Waals surface area contributed by atoms with Crippen LogP contribution in [-0.4, -0.2) is 24.0 Å². The van der Waals surface area contributed by atoms with E-state index in [1.807, 2.05) is 0 Å². The summed E-state index contributed by atoms with van der Waals surface area (Å²) in [6, 6.07) is 9.49. The Morgan fingerprint density at radius 3 is 2.10 bits per heavy atom. The van der Waals surface area contributed by atoms with Crippen molar-refractivity contribution in [2.24, 2.45) is 11.7 Å². The smallest absolute Gasteiger partial charge is 0.0233 e. The van der Waals surface area contributed by atoms with Gasteiger partial charge in [-0.2, -0.15) is 0 Å². The van der Waals surface area contributed by atoms with E-state index >= 15 is 0 Å². The Labute approximate surface area is 136 Å². The van der Waals surface area contributed by atoms with Gasteiger partial charge in [-0.25, -0.2) is 0 Å². The average Bonchev–Trinajstić information content (AvgIpc) is 2.39. The summed E-state index contributed by atoms with van der Waals surface area (Å²) in [5.74, 6) is 0.717. The maximum Gasteiger partial charge on any atom is 0.0233 e. The lowest BCUT2D eigenvalue weighted by Gasteiger charge is -2.33. The predicted molar refractivity (Wildman–Crippen MR) is 94.0 cm³/mol. The zero-order chi connectivity index (χ0) is 14.8. The third-order valence-electron chi connectivity index (χ3n) is 4.60. The van der Waals surface area contributed by atoms with E-state index in [4.69, 9.17) is 5.73 Å². The first-order chi connectivity index (χ1) is 9.36. The number of piperidine rings is 1. The molecular weight excluding hydrogens is 280 g/mol. The highest BCUT2D eigenvalue weighted by Gasteiger charge is 2.21. The second-order valence-electron chi connectivity index (χ2n) is 7.42. The third kappa shape index (κ3) is 5.28. The summed E-state index contributed by atoms with van der Waals surface area (Å²) in [6.07, 6.45) is 2.50. The Balaban J connectivity index is 0.00000220. The Kier molecular flexibility index (Phi) is 6.71. The van der Waals surface area contributed by atoms with Crippen molar-refractivity contribution in [3.05, 3.63) is 35.4 Å². The number of benzene rings is 1. The molecule has 1 aliphatic rings. The first-order valence-corrected chi connectivity index (χ1v) is 7.93. The van der Waals surface area contributed by atoms with Crippen LogP contribution in [0.15, 0.2) is 24.3 Å². The molecule has 2 nitrogen and oxygen atoms in total. The number of rotatable bonds is 3. The summed E-state index contributed by atoms with van der Waals surface area (Å²) >= 11 is 0. The number of hydrogen-bond acceptors (Lipinski definition) is 2. The van der Waals surface area contributed by atoms with E-state index < -0.39 is 0 Å². The van der Waals surface area contributed by atoms with Crippen molar-refractivity contribution < 1.29 is 0 Å². The molecule has 0 amide bonds. The van der Waals surface area contributed by atoms with Crippen LogP contribution in [0.2, 0.25) is 0 Å². The molecule has 1 aromatic rings. The minimum atomic E-state index is 0. The average molecular weight is 311 g/mol. The highest BCUT2D eigenvalue weighted by Crippen LogP contribution is 2.24. The summed E-state index contributed by atoms with van der Waals surface area (Å²) in [4.78, 5) is 2.56. The minimum absolute atomic E-state index is 0. The lowest BCUT2D eigenvalue weighted by atomic mass is 9.86. The number of likely N-dealkylation sites (tertiary alicyclic amines) is 1. The van der Waals surface area contributed by atoms with Crippen molar-refractivity contribution in [3.8, 4) is 0 Å². The molecule has 1 atom stereocenters. The SMILES string of the molecule is CC(N)C1CCN(Cc2ccc(C(C)(C)C)cc2)CC1.Cl. The van der Waals surface area contributed by atoms with E-state index in [-0.39, 0.29) is 17.8 Å². The van der Waals surface area contributed by atoms with E-state index in [2.05, 4.69) is 56.9 Å². The molecule has 1 unspecified atom stereocenters. The molecule has 2 N–H and O–H groups in total. The van der Waals surface area contributed by atoms with E-state index in [0.29, 0.717) is 6.04 Å². The molecule has 0 aliphatic carbocycles. The van der Waals surface area contributed by atoms with Gasteiger partial charge in [0.25, 0.3) is 0 Å². The monoisotopic (exact) mass is 310 g/mol. The Hall–Kier alpha value is -0.570. The van der Waals surface area contributed by atoms with Gasteiger partial charge < -0.3 is 5.73 Å². The van der Waals surface area contributed by atoms with Crippen molar-refractivity contribution in [2.75, 3.05) is 13.1 Å². The standard InChI is InChI=1S/C18H30N2.ClH/c1-14(19)16-9-11-20(12-10-16)13-15-5-7-17(8-6-15)18(2,3)4;/h5-8,14,16H,9-13,19H2,1-4H3;1H. The van der Waals surface area contributed by atoms with Gasteiger partial charge in [-0.1, -0.05) is 45.0 Å². The molecule has 1 aromatic carbocycles. The molecular formula is C18H31ClN2. The highest BCUT2D eigenvalue weighted by molar-refractivity contribution is 5.85. The van der Waals surface area contributed by atoms with Gasteiger partial charge in [-0.3, -0.25) is 4.90 Å². The van der Waals surface area contributed by atoms with E-state index in [0.717, 1.165) is 12.5 Å². The molecule has 0 saturated carbocycles. The quantitative estimate of drug-likeness (QED) is 0.915. The number of nitrogens with two attached hydrogens (primary N) is 1. The summed E-state index contributed by atoms with van der Waals surface area (Å²) < 4.78 is 0. The Morgan fingerprint density at radius 2 is 1.67 bits per heavy atom. The summed E-state index contributed by atoms with van der Waals surface area (Å²) in [5.41, 5.74) is 9.09. The molecule has 1 aliphatic heterocycles. The van der Waals surface area contributed by atoms with E-state index in [9.17, 15) is 0 Å². The van der Waals surface area contributed by atoms with Crippen molar-refractivity contribution in [1.82, 2.24) is 4.90 Å². The summed E-state index contributed by atoms with van der Waals surface area (Å²) in [7, 11) is 0. The van der Waals surface area contributed by atoms with Crippen molar-refractivity contribution in [3.63, 3.8) is 0 Å². The molecule has 21 heavy (non-hydrogen) atoms. The fourth-order valence-corrected chi connectivity index (χ4v) is 3.01. The zero-order valence-corrected chi connectivity index (χ0v) is 14.7. The van der Waals surface area contributed by atoms with Gasteiger partial charge in [0, 0.05) is 12.6 Å². The van der Waals surface area contributed by atoms with Crippen LogP contribution in [0.3, 0.4) is 0 Å². The van der Waals surface area contributed by atoms with Gasteiger partial charge >= 0.3 is 0 Å². The van der Waals surface area contributed by atoms with Crippen LogP contribution < -0.4 is 5.73 Å².